The lowest BCUT2D eigenvalue weighted by Gasteiger charge is -2.25. The summed E-state index contributed by atoms with van der Waals surface area (Å²) in [6.07, 6.45) is 10.1. The molecule has 7 rings (SSSR count). The fourth-order valence-electron chi connectivity index (χ4n) is 7.35. The van der Waals surface area contributed by atoms with Gasteiger partial charge in [-0.2, -0.15) is 14.0 Å². The second kappa shape index (κ2) is 20.2. The summed E-state index contributed by atoms with van der Waals surface area (Å²) >= 11 is 3.05. The number of para-hydroxylation sites is 2. The number of hydrogen-bond acceptors (Lipinski definition) is 9. The molecule has 300 valence electrons. The number of allylic oxidation sites excluding steroid dienone is 1. The summed E-state index contributed by atoms with van der Waals surface area (Å²) in [6, 6.07) is 46.5. The maximum atomic E-state index is 13.3. The molecule has 7 aromatic rings. The first kappa shape index (κ1) is 41.9. The minimum Gasteiger partial charge on any atom is -0.311 e. The summed E-state index contributed by atoms with van der Waals surface area (Å²) in [5.41, 5.74) is 11.4. The molecule has 0 aliphatic heterocycles. The molecular weight excluding hydrogens is 788 g/mol. The molecule has 2 heterocycles. The van der Waals surface area contributed by atoms with Gasteiger partial charge in [-0.15, -0.1) is 11.3 Å². The zero-order valence-corrected chi connectivity index (χ0v) is 36.4. The fraction of sp³-hybridized carbons (Fsp3) is 0.245. The summed E-state index contributed by atoms with van der Waals surface area (Å²) in [7, 11) is -3.71. The third-order valence-corrected chi connectivity index (χ3v) is 14.0. The van der Waals surface area contributed by atoms with Crippen molar-refractivity contribution >= 4 is 64.8 Å². The average molecular weight is 837 g/mol. The van der Waals surface area contributed by atoms with Crippen LogP contribution in [0.5, 0.6) is 0 Å². The predicted octanol–water partition coefficient (Wildman–Crippen LogP) is 15.3. The molecule has 0 saturated carbocycles. The lowest BCUT2D eigenvalue weighted by atomic mass is 9.98. The van der Waals surface area contributed by atoms with Crippen LogP contribution in [0.15, 0.2) is 133 Å². The van der Waals surface area contributed by atoms with Gasteiger partial charge in [0.15, 0.2) is 0 Å². The molecule has 0 unspecified atom stereocenters. The summed E-state index contributed by atoms with van der Waals surface area (Å²) in [4.78, 5) is 4.78. The van der Waals surface area contributed by atoms with E-state index in [0.29, 0.717) is 0 Å². The highest BCUT2D eigenvalue weighted by Crippen LogP contribution is 2.56. The molecule has 0 aliphatic rings. The third-order valence-electron chi connectivity index (χ3n) is 10.2. The Labute approximate surface area is 356 Å². The number of aromatic nitrogens is 2. The van der Waals surface area contributed by atoms with E-state index >= 15 is 0 Å². The van der Waals surface area contributed by atoms with Gasteiger partial charge in [-0.3, -0.25) is 4.57 Å². The smallest absolute Gasteiger partial charge is 0.311 e. The van der Waals surface area contributed by atoms with Crippen LogP contribution in [0.1, 0.15) is 70.4 Å². The lowest BCUT2D eigenvalue weighted by Crippen LogP contribution is -2.09. The highest BCUT2D eigenvalue weighted by molar-refractivity contribution is 7.59. The Kier molecular flexibility index (Phi) is 14.3. The zero-order valence-electron chi connectivity index (χ0n) is 33.8. The third kappa shape index (κ3) is 9.82. The van der Waals surface area contributed by atoms with Crippen molar-refractivity contribution in [2.75, 3.05) is 18.1 Å². The van der Waals surface area contributed by atoms with E-state index < -0.39 is 7.60 Å². The number of rotatable bonds is 19. The van der Waals surface area contributed by atoms with Gasteiger partial charge in [-0.05, 0) is 97.5 Å². The van der Waals surface area contributed by atoms with Crippen molar-refractivity contribution in [2.45, 2.75) is 65.7 Å². The summed E-state index contributed by atoms with van der Waals surface area (Å²) in [6.45, 7) is 6.07. The quantitative estimate of drug-likeness (QED) is 0.0455. The molecule has 0 N–H and O–H groups in total. The number of anilines is 3. The monoisotopic (exact) mass is 836 g/mol. The minimum absolute atomic E-state index is 0.0205. The van der Waals surface area contributed by atoms with Gasteiger partial charge in [0.2, 0.25) is 0 Å². The second-order valence-electron chi connectivity index (χ2n) is 14.3. The number of hydrogen-bond donors (Lipinski definition) is 0. The number of nitriles is 1. The first-order valence-electron chi connectivity index (χ1n) is 20.5. The molecule has 7 nitrogen and oxygen atoms in total. The molecule has 5 aromatic carbocycles. The lowest BCUT2D eigenvalue weighted by molar-refractivity contribution is 0.227. The molecule has 0 fully saturated rings. The van der Waals surface area contributed by atoms with Crippen LogP contribution in [0.2, 0.25) is 0 Å². The van der Waals surface area contributed by atoms with Crippen molar-refractivity contribution in [3.8, 4) is 38.1 Å². The van der Waals surface area contributed by atoms with Gasteiger partial charge < -0.3 is 13.9 Å². The number of aryl methyl sites for hydroxylation is 1. The van der Waals surface area contributed by atoms with Gasteiger partial charge in [0.25, 0.3) is 0 Å². The van der Waals surface area contributed by atoms with Crippen molar-refractivity contribution in [3.63, 3.8) is 0 Å². The average Bonchev–Trinajstić information content (AvgIpc) is 3.94. The Morgan fingerprint density at radius 3 is 1.86 bits per heavy atom. The van der Waals surface area contributed by atoms with E-state index in [1.54, 1.807) is 19.9 Å². The Hall–Kier alpha value is -5.20. The first-order chi connectivity index (χ1) is 29.0. The van der Waals surface area contributed by atoms with E-state index in [-0.39, 0.29) is 18.5 Å². The van der Waals surface area contributed by atoms with Crippen LogP contribution in [-0.2, 0) is 20.0 Å². The topological polar surface area (TPSA) is 88.3 Å². The van der Waals surface area contributed by atoms with Crippen molar-refractivity contribution in [2.24, 2.45) is 0 Å². The van der Waals surface area contributed by atoms with Crippen molar-refractivity contribution in [1.29, 1.82) is 5.26 Å². The summed E-state index contributed by atoms with van der Waals surface area (Å²) in [5.74, 6) is 0. The maximum absolute atomic E-state index is 13.3. The first-order valence-corrected chi connectivity index (χ1v) is 23.6. The predicted molar refractivity (Wildman–Crippen MR) is 248 cm³/mol. The maximum Gasteiger partial charge on any atom is 0.371 e. The van der Waals surface area contributed by atoms with Crippen LogP contribution < -0.4 is 4.90 Å². The van der Waals surface area contributed by atoms with Crippen LogP contribution in [0, 0.1) is 11.3 Å². The molecule has 0 atom stereocenters. The Morgan fingerprint density at radius 1 is 0.695 bits per heavy atom. The minimum atomic E-state index is -3.71. The molecule has 10 heteroatoms. The summed E-state index contributed by atoms with van der Waals surface area (Å²) < 4.78 is 33.8. The Bertz CT molecular complexity index is 2510. The molecule has 0 amide bonds. The van der Waals surface area contributed by atoms with Crippen molar-refractivity contribution < 1.29 is 13.6 Å². The molecule has 0 bridgehead atoms. The highest BCUT2D eigenvalue weighted by atomic mass is 32.1. The highest BCUT2D eigenvalue weighted by Gasteiger charge is 2.30. The van der Waals surface area contributed by atoms with Crippen molar-refractivity contribution in [3.05, 3.63) is 144 Å². The van der Waals surface area contributed by atoms with Gasteiger partial charge in [-0.1, -0.05) is 124 Å². The number of thiophene rings is 1. The zero-order chi connectivity index (χ0) is 41.0. The van der Waals surface area contributed by atoms with Gasteiger partial charge in [-0.25, -0.2) is 0 Å². The summed E-state index contributed by atoms with van der Waals surface area (Å²) in [5, 5.41) is 9.81. The van der Waals surface area contributed by atoms with E-state index in [0.717, 1.165) is 63.2 Å². The van der Waals surface area contributed by atoms with Crippen LogP contribution in [0.25, 0.3) is 49.1 Å². The number of unbranched alkanes of at least 4 members (excludes halogenated alkanes) is 5. The molecule has 0 radical (unpaired) electrons. The van der Waals surface area contributed by atoms with Crippen molar-refractivity contribution in [1.82, 2.24) is 8.75 Å². The molecule has 2 aromatic heterocycles. The Balaban J connectivity index is 1.21. The second-order valence-corrected chi connectivity index (χ2v) is 17.8. The standard InChI is InChI=1S/C49H49N4O3PS2/c1-4-7-8-9-10-13-18-39-34-46(58-49(39)38-27-29-42(30-28-38)53(40-19-14-11-15-20-40)41-21-16-12-17-22-41)45-32-31-44(47-48(45)52-59-51-47)37-25-23-36(24-26-37)33-43(35-50)57(54,55-5-2)56-6-3/h11-12,14-17,19-34H,4-10,13,18H2,1-3H3. The van der Waals surface area contributed by atoms with E-state index in [2.05, 4.69) is 115 Å². The number of nitrogens with zero attached hydrogens (tertiary/aromatic N) is 4. The largest absolute Gasteiger partial charge is 0.371 e. The van der Waals surface area contributed by atoms with Crippen LogP contribution in [-0.4, -0.2) is 22.0 Å². The van der Waals surface area contributed by atoms with Crippen LogP contribution in [0.4, 0.5) is 17.1 Å². The SMILES string of the molecule is CCCCCCCCc1cc(-c2ccc(-c3ccc(C=C(C#N)P(=O)(OCC)OCC)cc3)c3nsnc23)sc1-c1ccc(N(c2ccccc2)c2ccccc2)cc1. The number of fused-ring (bicyclic) bond motifs is 1. The number of benzene rings is 5. The van der Waals surface area contributed by atoms with Gasteiger partial charge >= 0.3 is 7.60 Å². The van der Waals surface area contributed by atoms with E-state index in [1.807, 2.05) is 41.7 Å². The van der Waals surface area contributed by atoms with E-state index in [1.165, 1.54) is 64.7 Å². The normalized spacial score (nSPS) is 11.9. The van der Waals surface area contributed by atoms with Crippen LogP contribution >= 0.6 is 30.7 Å². The molecule has 0 spiro atoms. The Morgan fingerprint density at radius 2 is 1.25 bits per heavy atom. The van der Waals surface area contributed by atoms with Gasteiger partial charge in [0.05, 0.1) is 24.9 Å². The fourth-order valence-corrected chi connectivity index (χ4v) is 10.6. The molecule has 0 aliphatic carbocycles. The van der Waals surface area contributed by atoms with Gasteiger partial charge in [0, 0.05) is 37.9 Å². The molecular formula is C49H49N4O3PS2. The van der Waals surface area contributed by atoms with E-state index in [4.69, 9.17) is 17.8 Å². The van der Waals surface area contributed by atoms with E-state index in [9.17, 15) is 9.83 Å². The van der Waals surface area contributed by atoms with Gasteiger partial charge in [0.1, 0.15) is 22.4 Å². The molecule has 59 heavy (non-hydrogen) atoms. The molecule has 0 saturated heterocycles. The van der Waals surface area contributed by atoms with Crippen LogP contribution in [0.3, 0.4) is 0 Å².